The van der Waals surface area contributed by atoms with Crippen molar-refractivity contribution >= 4 is 17.5 Å². The van der Waals surface area contributed by atoms with E-state index >= 15 is 0 Å². The highest BCUT2D eigenvalue weighted by molar-refractivity contribution is 5.84. The zero-order valence-electron chi connectivity index (χ0n) is 17.5. The number of hydrogen-bond acceptors (Lipinski definition) is 5. The lowest BCUT2D eigenvalue weighted by Gasteiger charge is -2.30. The molecular weight excluding hydrogens is 397 g/mol. The molecule has 2 aromatic rings. The number of halogens is 1. The van der Waals surface area contributed by atoms with Crippen LogP contribution in [-0.2, 0) is 4.84 Å². The van der Waals surface area contributed by atoms with E-state index in [2.05, 4.69) is 5.16 Å². The standard InChI is InChI=1S/C24H28FN3O3/c25-23-16-18(26)8-11-22(23)17-6-9-19(10-7-17)27-31-21-12-14-28(15-13-21)24(29)30-20-4-2-1-3-5-20/h1-5,8,11,16-17,21H,6-7,9-10,12-15,26H2. The van der Waals surface area contributed by atoms with Gasteiger partial charge in [-0.25, -0.2) is 9.18 Å². The Hall–Kier alpha value is -3.09. The van der Waals surface area contributed by atoms with E-state index in [1.807, 2.05) is 18.2 Å². The van der Waals surface area contributed by atoms with Gasteiger partial charge in [-0.3, -0.25) is 0 Å². The summed E-state index contributed by atoms with van der Waals surface area (Å²) in [6, 6.07) is 14.0. The van der Waals surface area contributed by atoms with Crippen LogP contribution in [0.25, 0.3) is 0 Å². The van der Waals surface area contributed by atoms with Gasteiger partial charge in [-0.1, -0.05) is 29.4 Å². The van der Waals surface area contributed by atoms with Crippen molar-refractivity contribution in [2.24, 2.45) is 5.16 Å². The third-order valence-electron chi connectivity index (χ3n) is 6.01. The molecule has 2 aliphatic rings. The molecule has 1 aliphatic heterocycles. The fraction of sp³-hybridized carbons (Fsp3) is 0.417. The highest BCUT2D eigenvalue weighted by atomic mass is 19.1. The molecule has 2 aromatic carbocycles. The molecule has 0 spiro atoms. The Labute approximate surface area is 181 Å². The molecular formula is C24H28FN3O3. The van der Waals surface area contributed by atoms with Crippen LogP contribution in [0.2, 0.25) is 0 Å². The van der Waals surface area contributed by atoms with E-state index in [-0.39, 0.29) is 23.9 Å². The predicted octanol–water partition coefficient (Wildman–Crippen LogP) is 5.10. The Balaban J connectivity index is 1.20. The number of piperidine rings is 1. The van der Waals surface area contributed by atoms with Crippen molar-refractivity contribution in [1.82, 2.24) is 4.90 Å². The number of hydrogen-bond donors (Lipinski definition) is 1. The van der Waals surface area contributed by atoms with E-state index in [1.165, 1.54) is 6.07 Å². The first-order valence-corrected chi connectivity index (χ1v) is 10.9. The molecule has 1 amide bonds. The second-order valence-corrected chi connectivity index (χ2v) is 8.19. The Bertz CT molecular complexity index is 917. The number of benzene rings is 2. The van der Waals surface area contributed by atoms with Gasteiger partial charge < -0.3 is 20.2 Å². The molecule has 2 N–H and O–H groups in total. The highest BCUT2D eigenvalue weighted by Crippen LogP contribution is 2.34. The summed E-state index contributed by atoms with van der Waals surface area (Å²) < 4.78 is 19.6. The summed E-state index contributed by atoms with van der Waals surface area (Å²) in [5.41, 5.74) is 7.86. The number of nitrogens with zero attached hydrogens (tertiary/aromatic N) is 2. The SMILES string of the molecule is Nc1ccc(C2CCC(=NOC3CCN(C(=O)Oc4ccccc4)CC3)CC2)c(F)c1. The van der Waals surface area contributed by atoms with Gasteiger partial charge in [-0.05, 0) is 61.4 Å². The van der Waals surface area contributed by atoms with E-state index < -0.39 is 0 Å². The predicted molar refractivity (Wildman–Crippen MR) is 118 cm³/mol. The Morgan fingerprint density at radius 1 is 1.03 bits per heavy atom. The number of carbonyl (C=O) groups is 1. The van der Waals surface area contributed by atoms with Gasteiger partial charge in [0, 0.05) is 31.6 Å². The zero-order chi connectivity index (χ0) is 21.6. The van der Waals surface area contributed by atoms with Gasteiger partial charge in [0.1, 0.15) is 17.7 Å². The van der Waals surface area contributed by atoms with Gasteiger partial charge >= 0.3 is 6.09 Å². The molecule has 2 fully saturated rings. The van der Waals surface area contributed by atoms with Crippen LogP contribution in [0.3, 0.4) is 0 Å². The Kier molecular flexibility index (Phi) is 6.70. The fourth-order valence-corrected chi connectivity index (χ4v) is 4.17. The molecule has 1 aliphatic carbocycles. The number of anilines is 1. The van der Waals surface area contributed by atoms with Crippen molar-refractivity contribution in [3.8, 4) is 5.75 Å². The number of carbonyl (C=O) groups excluding carboxylic acids is 1. The van der Waals surface area contributed by atoms with Crippen LogP contribution in [0.15, 0.2) is 53.7 Å². The van der Waals surface area contributed by atoms with Gasteiger partial charge in [-0.15, -0.1) is 0 Å². The average molecular weight is 426 g/mol. The molecule has 1 heterocycles. The number of rotatable bonds is 4. The van der Waals surface area contributed by atoms with Crippen LogP contribution in [0, 0.1) is 5.82 Å². The molecule has 31 heavy (non-hydrogen) atoms. The molecule has 164 valence electrons. The van der Waals surface area contributed by atoms with Crippen molar-refractivity contribution in [2.45, 2.75) is 50.5 Å². The van der Waals surface area contributed by atoms with E-state index in [0.29, 0.717) is 24.5 Å². The van der Waals surface area contributed by atoms with E-state index in [9.17, 15) is 9.18 Å². The summed E-state index contributed by atoms with van der Waals surface area (Å²) in [6.07, 6.45) is 4.43. The molecule has 0 radical (unpaired) electrons. The van der Waals surface area contributed by atoms with Crippen molar-refractivity contribution in [3.63, 3.8) is 0 Å². The first-order valence-electron chi connectivity index (χ1n) is 10.9. The maximum absolute atomic E-state index is 14.2. The summed E-state index contributed by atoms with van der Waals surface area (Å²) in [4.78, 5) is 19.7. The number of para-hydroxylation sites is 1. The molecule has 7 heteroatoms. The third-order valence-corrected chi connectivity index (χ3v) is 6.01. The van der Waals surface area contributed by atoms with Gasteiger partial charge in [0.25, 0.3) is 0 Å². The Morgan fingerprint density at radius 2 is 1.74 bits per heavy atom. The summed E-state index contributed by atoms with van der Waals surface area (Å²) in [5, 5.41) is 4.38. The van der Waals surface area contributed by atoms with E-state index in [0.717, 1.165) is 49.8 Å². The number of ether oxygens (including phenoxy) is 1. The molecule has 0 bridgehead atoms. The number of nitrogen functional groups attached to an aromatic ring is 1. The van der Waals surface area contributed by atoms with Crippen LogP contribution in [0.5, 0.6) is 5.75 Å². The lowest BCUT2D eigenvalue weighted by atomic mass is 9.83. The summed E-state index contributed by atoms with van der Waals surface area (Å²) >= 11 is 0. The summed E-state index contributed by atoms with van der Waals surface area (Å²) in [7, 11) is 0. The second kappa shape index (κ2) is 9.81. The maximum Gasteiger partial charge on any atom is 0.415 e. The van der Waals surface area contributed by atoms with Crippen LogP contribution in [0.1, 0.15) is 50.0 Å². The van der Waals surface area contributed by atoms with Crippen LogP contribution >= 0.6 is 0 Å². The third kappa shape index (κ3) is 5.54. The summed E-state index contributed by atoms with van der Waals surface area (Å²) in [6.45, 7) is 1.17. The molecule has 0 atom stereocenters. The number of likely N-dealkylation sites (tertiary alicyclic amines) is 1. The zero-order valence-corrected chi connectivity index (χ0v) is 17.5. The number of nitrogens with two attached hydrogens (primary N) is 1. The largest absolute Gasteiger partial charge is 0.415 e. The number of amides is 1. The van der Waals surface area contributed by atoms with Crippen LogP contribution in [-0.4, -0.2) is 35.9 Å². The van der Waals surface area contributed by atoms with Crippen molar-refractivity contribution in [3.05, 3.63) is 59.9 Å². The lowest BCUT2D eigenvalue weighted by Crippen LogP contribution is -2.42. The summed E-state index contributed by atoms with van der Waals surface area (Å²) in [5.74, 6) is 0.518. The van der Waals surface area contributed by atoms with Crippen molar-refractivity contribution in [2.75, 3.05) is 18.8 Å². The minimum atomic E-state index is -0.329. The molecule has 0 aromatic heterocycles. The average Bonchev–Trinajstić information content (AvgIpc) is 2.79. The van der Waals surface area contributed by atoms with Gasteiger partial charge in [0.05, 0.1) is 5.71 Å². The number of oxime groups is 1. The van der Waals surface area contributed by atoms with E-state index in [1.54, 1.807) is 29.2 Å². The van der Waals surface area contributed by atoms with Gasteiger partial charge in [0.15, 0.2) is 0 Å². The maximum atomic E-state index is 14.2. The quantitative estimate of drug-likeness (QED) is 0.546. The molecule has 4 rings (SSSR count). The minimum Gasteiger partial charge on any atom is -0.410 e. The van der Waals surface area contributed by atoms with Crippen molar-refractivity contribution < 1.29 is 18.8 Å². The van der Waals surface area contributed by atoms with Crippen molar-refractivity contribution in [1.29, 1.82) is 0 Å². The monoisotopic (exact) mass is 425 g/mol. The lowest BCUT2D eigenvalue weighted by molar-refractivity contribution is 0.0134. The normalized spacial score (nSPS) is 19.7. The molecule has 1 saturated carbocycles. The van der Waals surface area contributed by atoms with Gasteiger partial charge in [0.2, 0.25) is 0 Å². The molecule has 0 unspecified atom stereocenters. The van der Waals surface area contributed by atoms with Crippen LogP contribution in [0.4, 0.5) is 14.9 Å². The fourth-order valence-electron chi connectivity index (χ4n) is 4.17. The second-order valence-electron chi connectivity index (χ2n) is 8.19. The highest BCUT2D eigenvalue weighted by Gasteiger charge is 2.26. The first kappa shape index (κ1) is 21.2. The minimum absolute atomic E-state index is 0.000502. The Morgan fingerprint density at radius 3 is 2.42 bits per heavy atom. The van der Waals surface area contributed by atoms with E-state index in [4.69, 9.17) is 15.3 Å². The smallest absolute Gasteiger partial charge is 0.410 e. The molecule has 6 nitrogen and oxygen atoms in total. The topological polar surface area (TPSA) is 77.2 Å². The van der Waals surface area contributed by atoms with Crippen LogP contribution < -0.4 is 10.5 Å². The molecule has 1 saturated heterocycles. The van der Waals surface area contributed by atoms with Gasteiger partial charge in [-0.2, -0.15) is 0 Å². The first-order chi connectivity index (χ1) is 15.1.